The molecule has 44 heavy (non-hydrogen) atoms. The fourth-order valence-electron chi connectivity index (χ4n) is 7.61. The smallest absolute Gasteiger partial charge is 0.319 e. The van der Waals surface area contributed by atoms with E-state index in [4.69, 9.17) is 20.9 Å². The van der Waals surface area contributed by atoms with Gasteiger partial charge in [-0.3, -0.25) is 4.98 Å². The summed E-state index contributed by atoms with van der Waals surface area (Å²) in [5.74, 6) is 1.45. The van der Waals surface area contributed by atoms with E-state index in [2.05, 4.69) is 32.7 Å². The van der Waals surface area contributed by atoms with Crippen molar-refractivity contribution in [3.63, 3.8) is 0 Å². The number of aromatic hydroxyl groups is 1. The summed E-state index contributed by atoms with van der Waals surface area (Å²) in [7, 11) is 2.18. The Hall–Kier alpha value is -4.07. The first-order chi connectivity index (χ1) is 21.4. The summed E-state index contributed by atoms with van der Waals surface area (Å²) < 4.78 is 43.6. The fourth-order valence-corrected chi connectivity index (χ4v) is 7.61. The second kappa shape index (κ2) is 11.5. The molecule has 4 aromatic rings. The minimum Gasteiger partial charge on any atom is -0.508 e. The van der Waals surface area contributed by atoms with E-state index in [9.17, 15) is 9.50 Å². The van der Waals surface area contributed by atoms with Gasteiger partial charge in [-0.25, -0.2) is 8.78 Å². The van der Waals surface area contributed by atoms with Crippen molar-refractivity contribution in [1.29, 1.82) is 0 Å². The van der Waals surface area contributed by atoms with Crippen molar-refractivity contribution >= 4 is 27.5 Å². The van der Waals surface area contributed by atoms with E-state index in [1.165, 1.54) is 30.5 Å². The number of likely N-dealkylation sites (tertiary alicyclic amines) is 1. The zero-order valence-electron chi connectivity index (χ0n) is 24.8. The Morgan fingerprint density at radius 1 is 1.11 bits per heavy atom. The van der Waals surface area contributed by atoms with Crippen LogP contribution in [0.2, 0.25) is 0 Å². The Morgan fingerprint density at radius 2 is 1.98 bits per heavy atom. The largest absolute Gasteiger partial charge is 0.508 e. The molecule has 2 aromatic carbocycles. The van der Waals surface area contributed by atoms with Crippen LogP contribution >= 0.6 is 0 Å². The fraction of sp³-hybridized carbons (Fsp3) is 0.441. The molecule has 1 aliphatic carbocycles. The molecule has 0 unspecified atom stereocenters. The number of pyridine rings is 1. The topological polar surface area (TPSA) is 83.8 Å². The van der Waals surface area contributed by atoms with Crippen LogP contribution in [0.15, 0.2) is 30.5 Å². The molecule has 1 N–H and O–H groups in total. The van der Waals surface area contributed by atoms with E-state index in [0.29, 0.717) is 60.9 Å². The van der Waals surface area contributed by atoms with Crippen molar-refractivity contribution in [3.05, 3.63) is 47.7 Å². The number of nitrogens with zero attached hydrogens (tertiary/aromatic N) is 5. The van der Waals surface area contributed by atoms with Crippen LogP contribution in [0.5, 0.6) is 11.8 Å². The van der Waals surface area contributed by atoms with Gasteiger partial charge in [0, 0.05) is 48.3 Å². The van der Waals surface area contributed by atoms with Crippen molar-refractivity contribution in [2.45, 2.75) is 44.6 Å². The first-order valence-corrected chi connectivity index (χ1v) is 15.3. The van der Waals surface area contributed by atoms with Crippen LogP contribution in [0, 0.1) is 29.4 Å². The van der Waals surface area contributed by atoms with Crippen molar-refractivity contribution in [1.82, 2.24) is 19.9 Å². The van der Waals surface area contributed by atoms with Crippen LogP contribution in [0.3, 0.4) is 0 Å². The number of aromatic nitrogens is 3. The molecular weight excluding hydrogens is 564 g/mol. The van der Waals surface area contributed by atoms with E-state index in [1.54, 1.807) is 0 Å². The van der Waals surface area contributed by atoms with Crippen LogP contribution in [0.25, 0.3) is 32.9 Å². The Labute approximate surface area is 255 Å². The van der Waals surface area contributed by atoms with Gasteiger partial charge in [-0.15, -0.1) is 6.42 Å². The minimum atomic E-state index is -0.726. The molecule has 1 saturated carbocycles. The van der Waals surface area contributed by atoms with Crippen molar-refractivity contribution < 1.29 is 23.4 Å². The van der Waals surface area contributed by atoms with Crippen LogP contribution < -0.4 is 9.64 Å². The number of hydrogen-bond donors (Lipinski definition) is 1. The van der Waals surface area contributed by atoms with Gasteiger partial charge >= 0.3 is 6.01 Å². The molecule has 3 fully saturated rings. The molecule has 4 heterocycles. The third kappa shape index (κ3) is 4.88. The van der Waals surface area contributed by atoms with Gasteiger partial charge < -0.3 is 24.4 Å². The highest BCUT2D eigenvalue weighted by atomic mass is 19.1. The Morgan fingerprint density at radius 3 is 2.84 bits per heavy atom. The zero-order chi connectivity index (χ0) is 30.4. The lowest BCUT2D eigenvalue weighted by Gasteiger charge is -2.44. The number of terminal acetylenes is 1. The van der Waals surface area contributed by atoms with Crippen molar-refractivity contribution in [2.24, 2.45) is 5.41 Å². The van der Waals surface area contributed by atoms with Crippen LogP contribution in [0.4, 0.5) is 14.6 Å². The number of benzene rings is 2. The number of rotatable bonds is 5. The van der Waals surface area contributed by atoms with E-state index in [1.807, 2.05) is 0 Å². The normalized spacial score (nSPS) is 22.6. The van der Waals surface area contributed by atoms with Gasteiger partial charge in [0.1, 0.15) is 28.6 Å². The molecule has 0 radical (unpaired) electrons. The number of anilines is 1. The van der Waals surface area contributed by atoms with E-state index in [-0.39, 0.29) is 39.5 Å². The number of hydrogen-bond acceptors (Lipinski definition) is 8. The lowest BCUT2D eigenvalue weighted by molar-refractivity contribution is 0.0133. The predicted octanol–water partition coefficient (Wildman–Crippen LogP) is 5.68. The van der Waals surface area contributed by atoms with Gasteiger partial charge in [0.2, 0.25) is 0 Å². The second-order valence-electron chi connectivity index (χ2n) is 12.3. The third-order valence-electron chi connectivity index (χ3n) is 9.68. The van der Waals surface area contributed by atoms with Crippen LogP contribution in [-0.4, -0.2) is 77.5 Å². The average molecular weight is 600 g/mol. The summed E-state index contributed by atoms with van der Waals surface area (Å²) >= 11 is 0. The lowest BCUT2D eigenvalue weighted by Crippen LogP contribution is -2.50. The number of halogens is 2. The molecule has 10 heteroatoms. The van der Waals surface area contributed by atoms with E-state index in [0.717, 1.165) is 45.1 Å². The number of piperidine rings is 1. The Kier molecular flexibility index (Phi) is 7.47. The van der Waals surface area contributed by atoms with E-state index >= 15 is 4.39 Å². The zero-order valence-corrected chi connectivity index (χ0v) is 24.8. The maximum Gasteiger partial charge on any atom is 0.319 e. The summed E-state index contributed by atoms with van der Waals surface area (Å²) in [5, 5.41) is 11.7. The molecule has 2 aromatic heterocycles. The average Bonchev–Trinajstić information content (AvgIpc) is 3.28. The summed E-state index contributed by atoms with van der Waals surface area (Å²) in [6.07, 6.45) is 13.6. The third-order valence-corrected chi connectivity index (χ3v) is 9.68. The summed E-state index contributed by atoms with van der Waals surface area (Å²) in [5.41, 5.74) is 0.101. The predicted molar refractivity (Wildman–Crippen MR) is 165 cm³/mol. The molecule has 0 bridgehead atoms. The monoisotopic (exact) mass is 599 g/mol. The SMILES string of the molecule is C#Cc1c(F)ccc2cc(O)cc(-c3ncc4c(N5CCCOCC5)nc(OC[C@]56CCC[C@H]5N(C)CCC6)nc4c3F)c12. The highest BCUT2D eigenvalue weighted by Crippen LogP contribution is 2.47. The minimum absolute atomic E-state index is 0.0139. The molecular formula is C34H35F2N5O3. The molecule has 3 aliphatic rings. The number of phenols is 1. The molecule has 0 amide bonds. The summed E-state index contributed by atoms with van der Waals surface area (Å²) in [6.45, 7) is 3.94. The molecule has 7 rings (SSSR count). The highest BCUT2D eigenvalue weighted by Gasteiger charge is 2.47. The summed E-state index contributed by atoms with van der Waals surface area (Å²) in [6, 6.07) is 6.10. The molecule has 2 aliphatic heterocycles. The van der Waals surface area contributed by atoms with Gasteiger partial charge in [0.15, 0.2) is 5.82 Å². The van der Waals surface area contributed by atoms with Crippen LogP contribution in [-0.2, 0) is 4.74 Å². The highest BCUT2D eigenvalue weighted by molar-refractivity contribution is 6.03. The van der Waals surface area contributed by atoms with Crippen molar-refractivity contribution in [3.8, 4) is 35.4 Å². The van der Waals surface area contributed by atoms with Gasteiger partial charge in [-0.2, -0.15) is 9.97 Å². The molecule has 2 atom stereocenters. The summed E-state index contributed by atoms with van der Waals surface area (Å²) in [4.78, 5) is 18.4. The molecule has 228 valence electrons. The Bertz CT molecular complexity index is 1790. The Balaban J connectivity index is 1.37. The number of phenolic OH excluding ortho intramolecular Hbond substituents is 1. The first-order valence-electron chi connectivity index (χ1n) is 15.3. The van der Waals surface area contributed by atoms with Gasteiger partial charge in [0.25, 0.3) is 0 Å². The lowest BCUT2D eigenvalue weighted by atomic mass is 9.76. The van der Waals surface area contributed by atoms with Gasteiger partial charge in [-0.05, 0) is 69.3 Å². The van der Waals surface area contributed by atoms with Crippen LogP contribution in [0.1, 0.15) is 44.1 Å². The number of fused-ring (bicyclic) bond motifs is 3. The maximum atomic E-state index is 16.7. The quantitative estimate of drug-likeness (QED) is 0.294. The first kappa shape index (κ1) is 28.7. The molecule has 2 saturated heterocycles. The van der Waals surface area contributed by atoms with Gasteiger partial charge in [0.05, 0.1) is 24.2 Å². The standard InChI is InChI=1S/C34H35F2N5O3/c1-3-23-26(35)9-8-21-17-22(42)18-24(28(21)23)30-29(36)31-25(19-37-30)32(41-13-6-15-43-16-14-41)39-33(38-31)44-20-34-10-4-7-27(34)40(2)12-5-11-34/h1,8-9,17-19,27,42H,4-7,10-16,20H2,2H3/t27-,34-/m1/s1. The van der Waals surface area contributed by atoms with E-state index < -0.39 is 11.6 Å². The van der Waals surface area contributed by atoms with Crippen molar-refractivity contribution in [2.75, 3.05) is 51.4 Å². The van der Waals surface area contributed by atoms with Gasteiger partial charge in [-0.1, -0.05) is 18.4 Å². The maximum absolute atomic E-state index is 16.7. The molecule has 0 spiro atoms. The second-order valence-corrected chi connectivity index (χ2v) is 12.3. The molecule has 8 nitrogen and oxygen atoms in total. The number of ether oxygens (including phenoxy) is 2.